The molecule has 0 unspecified atom stereocenters. The van der Waals surface area contributed by atoms with E-state index in [2.05, 4.69) is 0 Å². The lowest BCUT2D eigenvalue weighted by atomic mass is 9.97. The predicted molar refractivity (Wildman–Crippen MR) is 80.4 cm³/mol. The fraction of sp³-hybridized carbons (Fsp3) is 0.429. The van der Waals surface area contributed by atoms with Crippen LogP contribution in [0.2, 0.25) is 5.02 Å². The molecule has 1 aromatic rings. The zero-order chi connectivity index (χ0) is 16.3. The normalized spacial score (nSPS) is 16.5. The molecule has 0 aromatic heterocycles. The summed E-state index contributed by atoms with van der Waals surface area (Å²) < 4.78 is 24.4. The largest absolute Gasteiger partial charge is 0.481 e. The van der Waals surface area contributed by atoms with Crippen molar-refractivity contribution < 1.29 is 23.1 Å². The Morgan fingerprint density at radius 1 is 1.18 bits per heavy atom. The number of nitrogens with zero attached hydrogens (tertiary/aromatic N) is 1. The van der Waals surface area contributed by atoms with Gasteiger partial charge >= 0.3 is 5.97 Å². The highest BCUT2D eigenvalue weighted by Crippen LogP contribution is 2.19. The third-order valence-electron chi connectivity index (χ3n) is 3.68. The van der Waals surface area contributed by atoms with Gasteiger partial charge in [0.05, 0.1) is 10.8 Å². The first-order valence-electron chi connectivity index (χ1n) is 6.78. The summed E-state index contributed by atoms with van der Waals surface area (Å²) in [5, 5.41) is 9.33. The smallest absolute Gasteiger partial charge is 0.306 e. The van der Waals surface area contributed by atoms with Gasteiger partial charge in [-0.25, -0.2) is 8.42 Å². The topological polar surface area (TPSA) is 91.8 Å². The van der Waals surface area contributed by atoms with Crippen LogP contribution in [0.25, 0.3) is 0 Å². The minimum atomic E-state index is -3.72. The van der Waals surface area contributed by atoms with Gasteiger partial charge in [0.1, 0.15) is 5.75 Å². The fourth-order valence-electron chi connectivity index (χ4n) is 2.35. The summed E-state index contributed by atoms with van der Waals surface area (Å²) in [6, 6.07) is 5.64. The highest BCUT2D eigenvalue weighted by atomic mass is 35.5. The molecular formula is C14H16ClNO5S. The number of halogens is 1. The van der Waals surface area contributed by atoms with E-state index in [-0.39, 0.29) is 18.0 Å². The molecule has 6 nitrogen and oxygen atoms in total. The number of carbonyl (C=O) groups excluding carboxylic acids is 1. The lowest BCUT2D eigenvalue weighted by Crippen LogP contribution is -2.42. The van der Waals surface area contributed by atoms with Crippen LogP contribution in [0.5, 0.6) is 0 Å². The molecule has 0 atom stereocenters. The molecule has 1 aliphatic heterocycles. The van der Waals surface area contributed by atoms with Gasteiger partial charge < -0.3 is 10.0 Å². The fourth-order valence-corrected chi connectivity index (χ4v) is 3.71. The average Bonchev–Trinajstić information content (AvgIpc) is 2.47. The number of carboxylic acids is 1. The first kappa shape index (κ1) is 16.8. The van der Waals surface area contributed by atoms with Gasteiger partial charge in [0, 0.05) is 18.1 Å². The van der Waals surface area contributed by atoms with E-state index in [9.17, 15) is 18.0 Å². The van der Waals surface area contributed by atoms with Gasteiger partial charge in [0.25, 0.3) is 0 Å². The molecule has 1 N–H and O–H groups in total. The Morgan fingerprint density at radius 3 is 2.23 bits per heavy atom. The molecule has 1 heterocycles. The number of hydrogen-bond donors (Lipinski definition) is 1. The maximum absolute atomic E-state index is 12.2. The number of likely N-dealkylation sites (tertiary alicyclic amines) is 1. The molecule has 1 amide bonds. The Bertz CT molecular complexity index is 663. The molecule has 0 radical (unpaired) electrons. The van der Waals surface area contributed by atoms with Gasteiger partial charge in [0.15, 0.2) is 9.84 Å². The summed E-state index contributed by atoms with van der Waals surface area (Å²) in [7, 11) is -3.72. The van der Waals surface area contributed by atoms with E-state index in [4.69, 9.17) is 16.7 Å². The van der Waals surface area contributed by atoms with Crippen molar-refractivity contribution >= 4 is 33.3 Å². The second-order valence-corrected chi connectivity index (χ2v) is 7.63. The summed E-state index contributed by atoms with van der Waals surface area (Å²) >= 11 is 5.71. The monoisotopic (exact) mass is 345 g/mol. The first-order valence-corrected chi connectivity index (χ1v) is 8.81. The van der Waals surface area contributed by atoms with E-state index in [0.29, 0.717) is 17.9 Å². The van der Waals surface area contributed by atoms with Crippen molar-refractivity contribution in [1.29, 1.82) is 0 Å². The number of amides is 1. The number of rotatable bonds is 4. The Balaban J connectivity index is 2.00. The zero-order valence-electron chi connectivity index (χ0n) is 11.7. The second kappa shape index (κ2) is 6.66. The molecule has 0 spiro atoms. The van der Waals surface area contributed by atoms with Crippen molar-refractivity contribution in [3.05, 3.63) is 29.3 Å². The maximum atomic E-state index is 12.2. The van der Waals surface area contributed by atoms with Gasteiger partial charge in [-0.3, -0.25) is 9.59 Å². The van der Waals surface area contributed by atoms with Crippen LogP contribution in [-0.2, 0) is 19.4 Å². The Kier molecular flexibility index (Phi) is 5.08. The summed E-state index contributed by atoms with van der Waals surface area (Å²) in [5.41, 5.74) is 0. The van der Waals surface area contributed by atoms with E-state index in [1.165, 1.54) is 29.2 Å². The second-order valence-electron chi connectivity index (χ2n) is 5.21. The van der Waals surface area contributed by atoms with E-state index in [0.717, 1.165) is 0 Å². The van der Waals surface area contributed by atoms with E-state index >= 15 is 0 Å². The number of hydrogen-bond acceptors (Lipinski definition) is 4. The van der Waals surface area contributed by atoms with E-state index in [1.807, 2.05) is 0 Å². The van der Waals surface area contributed by atoms with E-state index in [1.54, 1.807) is 0 Å². The van der Waals surface area contributed by atoms with Gasteiger partial charge in [-0.15, -0.1) is 0 Å². The third kappa shape index (κ3) is 3.98. The molecule has 0 saturated carbocycles. The lowest BCUT2D eigenvalue weighted by molar-refractivity contribution is -0.145. The standard InChI is InChI=1S/C14H16ClNO5S/c15-11-1-3-12(4-2-11)22(20,21)9-13(17)16-7-5-10(6-8-16)14(18)19/h1-4,10H,5-9H2,(H,18,19). The van der Waals surface area contributed by atoms with Crippen LogP contribution in [0.15, 0.2) is 29.2 Å². The Hall–Kier alpha value is -1.60. The summed E-state index contributed by atoms with van der Waals surface area (Å²) in [6.07, 6.45) is 0.699. The van der Waals surface area contributed by atoms with Crippen LogP contribution in [-0.4, -0.2) is 49.1 Å². The van der Waals surface area contributed by atoms with E-state index < -0.39 is 33.4 Å². The van der Waals surface area contributed by atoms with Crippen molar-refractivity contribution in [3.63, 3.8) is 0 Å². The van der Waals surface area contributed by atoms with Crippen molar-refractivity contribution in [1.82, 2.24) is 4.90 Å². The Labute approximate surface area is 133 Å². The van der Waals surface area contributed by atoms with Crippen molar-refractivity contribution in [2.24, 2.45) is 5.92 Å². The molecule has 1 saturated heterocycles. The van der Waals surface area contributed by atoms with Crippen LogP contribution in [0.4, 0.5) is 0 Å². The third-order valence-corrected chi connectivity index (χ3v) is 5.55. The minimum absolute atomic E-state index is 0.0469. The molecule has 0 aliphatic carbocycles. The molecule has 1 aliphatic rings. The molecule has 1 fully saturated rings. The van der Waals surface area contributed by atoms with Crippen LogP contribution in [0.1, 0.15) is 12.8 Å². The summed E-state index contributed by atoms with van der Waals surface area (Å²) in [4.78, 5) is 24.4. The van der Waals surface area contributed by atoms with Gasteiger partial charge in [-0.2, -0.15) is 0 Å². The summed E-state index contributed by atoms with van der Waals surface area (Å²) in [5.74, 6) is -2.46. The SMILES string of the molecule is O=C(O)C1CCN(C(=O)CS(=O)(=O)c2ccc(Cl)cc2)CC1. The first-order chi connectivity index (χ1) is 10.3. The highest BCUT2D eigenvalue weighted by molar-refractivity contribution is 7.92. The molecule has 8 heteroatoms. The number of aliphatic carboxylic acids is 1. The lowest BCUT2D eigenvalue weighted by Gasteiger charge is -2.30. The van der Waals surface area contributed by atoms with Crippen LogP contribution < -0.4 is 0 Å². The highest BCUT2D eigenvalue weighted by Gasteiger charge is 2.29. The quantitative estimate of drug-likeness (QED) is 0.891. The number of benzene rings is 1. The molecule has 2 rings (SSSR count). The number of piperidine rings is 1. The van der Waals surface area contributed by atoms with Crippen molar-refractivity contribution in [2.45, 2.75) is 17.7 Å². The molecule has 0 bridgehead atoms. The van der Waals surface area contributed by atoms with Crippen molar-refractivity contribution in [2.75, 3.05) is 18.8 Å². The average molecular weight is 346 g/mol. The van der Waals surface area contributed by atoms with Crippen LogP contribution >= 0.6 is 11.6 Å². The van der Waals surface area contributed by atoms with Gasteiger partial charge in [0.2, 0.25) is 5.91 Å². The van der Waals surface area contributed by atoms with Gasteiger partial charge in [-0.05, 0) is 37.1 Å². The van der Waals surface area contributed by atoms with Crippen LogP contribution in [0.3, 0.4) is 0 Å². The molecular weight excluding hydrogens is 330 g/mol. The van der Waals surface area contributed by atoms with Gasteiger partial charge in [-0.1, -0.05) is 11.6 Å². The maximum Gasteiger partial charge on any atom is 0.306 e. The molecule has 120 valence electrons. The number of carboxylic acid groups (broad SMARTS) is 1. The minimum Gasteiger partial charge on any atom is -0.481 e. The predicted octanol–water partition coefficient (Wildman–Crippen LogP) is 1.44. The van der Waals surface area contributed by atoms with Crippen LogP contribution in [0, 0.1) is 5.92 Å². The number of sulfone groups is 1. The molecule has 1 aromatic carbocycles. The Morgan fingerprint density at radius 2 is 1.73 bits per heavy atom. The summed E-state index contributed by atoms with van der Waals surface area (Å²) in [6.45, 7) is 0.540. The zero-order valence-corrected chi connectivity index (χ0v) is 13.3. The number of carbonyl (C=O) groups is 2. The van der Waals surface area contributed by atoms with Crippen molar-refractivity contribution in [3.8, 4) is 0 Å². The molecule has 22 heavy (non-hydrogen) atoms.